The normalized spacial score (nSPS) is 12.5. The molecule has 0 fully saturated rings. The second-order valence-electron chi connectivity index (χ2n) is 3.85. The van der Waals surface area contributed by atoms with Crippen molar-refractivity contribution in [2.24, 2.45) is 11.7 Å². The Kier molecular flexibility index (Phi) is 4.24. The first-order valence-corrected chi connectivity index (χ1v) is 5.03. The van der Waals surface area contributed by atoms with Gasteiger partial charge in [0.05, 0.1) is 6.04 Å². The largest absolute Gasteiger partial charge is 0.351 e. The van der Waals surface area contributed by atoms with Crippen molar-refractivity contribution in [2.45, 2.75) is 26.4 Å². The van der Waals surface area contributed by atoms with E-state index < -0.39 is 6.04 Å². The third-order valence-corrected chi connectivity index (χ3v) is 2.21. The van der Waals surface area contributed by atoms with E-state index in [-0.39, 0.29) is 11.8 Å². The molecule has 4 heteroatoms. The van der Waals surface area contributed by atoms with E-state index >= 15 is 0 Å². The zero-order valence-electron chi connectivity index (χ0n) is 9.10. The Balaban J connectivity index is 2.41. The topological polar surface area (TPSA) is 68.0 Å². The minimum Gasteiger partial charge on any atom is -0.351 e. The smallest absolute Gasteiger partial charge is 0.237 e. The molecule has 0 aromatic carbocycles. The average molecular weight is 207 g/mol. The van der Waals surface area contributed by atoms with Crippen molar-refractivity contribution in [3.8, 4) is 0 Å². The van der Waals surface area contributed by atoms with Gasteiger partial charge >= 0.3 is 0 Å². The number of aromatic nitrogens is 1. The van der Waals surface area contributed by atoms with Crippen LogP contribution in [0.25, 0.3) is 0 Å². The van der Waals surface area contributed by atoms with Gasteiger partial charge < -0.3 is 11.1 Å². The molecule has 15 heavy (non-hydrogen) atoms. The van der Waals surface area contributed by atoms with E-state index in [2.05, 4.69) is 10.3 Å². The summed E-state index contributed by atoms with van der Waals surface area (Å²) in [5, 5.41) is 2.78. The van der Waals surface area contributed by atoms with Gasteiger partial charge in [-0.25, -0.2) is 0 Å². The third-order valence-electron chi connectivity index (χ3n) is 2.21. The van der Waals surface area contributed by atoms with Crippen LogP contribution >= 0.6 is 0 Å². The quantitative estimate of drug-likeness (QED) is 0.763. The maximum Gasteiger partial charge on any atom is 0.237 e. The maximum atomic E-state index is 11.5. The SMILES string of the molecule is CC(C)C(N)C(=O)NCc1cccnc1. The second kappa shape index (κ2) is 5.46. The molecule has 82 valence electrons. The Hall–Kier alpha value is -1.42. The first-order chi connectivity index (χ1) is 7.11. The first-order valence-electron chi connectivity index (χ1n) is 5.03. The van der Waals surface area contributed by atoms with Crippen molar-refractivity contribution >= 4 is 5.91 Å². The van der Waals surface area contributed by atoms with Crippen molar-refractivity contribution in [3.63, 3.8) is 0 Å². The summed E-state index contributed by atoms with van der Waals surface area (Å²) in [7, 11) is 0. The number of hydrogen-bond acceptors (Lipinski definition) is 3. The van der Waals surface area contributed by atoms with Gasteiger partial charge in [0.15, 0.2) is 0 Å². The van der Waals surface area contributed by atoms with Crippen LogP contribution in [0, 0.1) is 5.92 Å². The first kappa shape index (κ1) is 11.7. The van der Waals surface area contributed by atoms with E-state index in [1.54, 1.807) is 12.4 Å². The van der Waals surface area contributed by atoms with Crippen LogP contribution in [0.2, 0.25) is 0 Å². The van der Waals surface area contributed by atoms with Crippen LogP contribution in [0.1, 0.15) is 19.4 Å². The van der Waals surface area contributed by atoms with Crippen LogP contribution in [0.4, 0.5) is 0 Å². The molecule has 3 N–H and O–H groups in total. The lowest BCUT2D eigenvalue weighted by molar-refractivity contribution is -0.123. The summed E-state index contributed by atoms with van der Waals surface area (Å²) in [5.74, 6) is 0.0350. The number of nitrogens with one attached hydrogen (secondary N) is 1. The zero-order chi connectivity index (χ0) is 11.3. The van der Waals surface area contributed by atoms with Gasteiger partial charge in [0.2, 0.25) is 5.91 Å². The molecule has 4 nitrogen and oxygen atoms in total. The number of amides is 1. The summed E-state index contributed by atoms with van der Waals surface area (Å²) in [6.07, 6.45) is 3.42. The van der Waals surface area contributed by atoms with Crippen molar-refractivity contribution in [1.82, 2.24) is 10.3 Å². The van der Waals surface area contributed by atoms with Gasteiger partial charge in [-0.3, -0.25) is 9.78 Å². The van der Waals surface area contributed by atoms with Crippen LogP contribution in [0.15, 0.2) is 24.5 Å². The van der Waals surface area contributed by atoms with Gasteiger partial charge in [-0.2, -0.15) is 0 Å². The molecule has 0 radical (unpaired) electrons. The molecule has 0 bridgehead atoms. The van der Waals surface area contributed by atoms with Gasteiger partial charge in [0.1, 0.15) is 0 Å². The Morgan fingerprint density at radius 3 is 2.87 bits per heavy atom. The van der Waals surface area contributed by atoms with Gasteiger partial charge in [-0.1, -0.05) is 19.9 Å². The third kappa shape index (κ3) is 3.67. The Morgan fingerprint density at radius 1 is 1.60 bits per heavy atom. The second-order valence-corrected chi connectivity index (χ2v) is 3.85. The van der Waals surface area contributed by atoms with E-state index in [0.29, 0.717) is 6.54 Å². The molecule has 1 amide bonds. The van der Waals surface area contributed by atoms with E-state index in [9.17, 15) is 4.79 Å². The van der Waals surface area contributed by atoms with Crippen molar-refractivity contribution in [3.05, 3.63) is 30.1 Å². The Labute approximate surface area is 89.9 Å². The van der Waals surface area contributed by atoms with Crippen LogP contribution in [-0.4, -0.2) is 16.9 Å². The summed E-state index contributed by atoms with van der Waals surface area (Å²) in [6.45, 7) is 4.33. The fourth-order valence-corrected chi connectivity index (χ4v) is 1.11. The van der Waals surface area contributed by atoms with Gasteiger partial charge in [0.25, 0.3) is 0 Å². The van der Waals surface area contributed by atoms with E-state index in [1.807, 2.05) is 26.0 Å². The number of hydrogen-bond donors (Lipinski definition) is 2. The molecule has 0 spiro atoms. The Bertz CT molecular complexity index is 311. The summed E-state index contributed by atoms with van der Waals surface area (Å²) in [6, 6.07) is 3.31. The van der Waals surface area contributed by atoms with E-state index in [0.717, 1.165) is 5.56 Å². The highest BCUT2D eigenvalue weighted by Gasteiger charge is 2.16. The van der Waals surface area contributed by atoms with E-state index in [4.69, 9.17) is 5.73 Å². The Morgan fingerprint density at radius 2 is 2.33 bits per heavy atom. The average Bonchev–Trinajstić information content (AvgIpc) is 2.26. The molecule has 1 atom stereocenters. The summed E-state index contributed by atoms with van der Waals surface area (Å²) < 4.78 is 0. The van der Waals surface area contributed by atoms with Crippen LogP contribution in [0.5, 0.6) is 0 Å². The van der Waals surface area contributed by atoms with Crippen molar-refractivity contribution < 1.29 is 4.79 Å². The number of carbonyl (C=O) groups excluding carboxylic acids is 1. The van der Waals surface area contributed by atoms with E-state index in [1.165, 1.54) is 0 Å². The summed E-state index contributed by atoms with van der Waals surface area (Å²) in [5.41, 5.74) is 6.67. The predicted octanol–water partition coefficient (Wildman–Crippen LogP) is 0.681. The van der Waals surface area contributed by atoms with Gasteiger partial charge in [-0.05, 0) is 17.5 Å². The molecule has 1 aromatic rings. The predicted molar refractivity (Wildman–Crippen MR) is 58.9 cm³/mol. The molecule has 0 aliphatic rings. The lowest BCUT2D eigenvalue weighted by Gasteiger charge is -2.15. The monoisotopic (exact) mass is 207 g/mol. The maximum absolute atomic E-state index is 11.5. The van der Waals surface area contributed by atoms with Gasteiger partial charge in [0, 0.05) is 18.9 Å². The molecule has 0 aliphatic carbocycles. The highest BCUT2D eigenvalue weighted by atomic mass is 16.2. The fourth-order valence-electron chi connectivity index (χ4n) is 1.11. The summed E-state index contributed by atoms with van der Waals surface area (Å²) in [4.78, 5) is 15.5. The molecule has 0 saturated heterocycles. The van der Waals surface area contributed by atoms with Crippen LogP contribution in [-0.2, 0) is 11.3 Å². The highest BCUT2D eigenvalue weighted by Crippen LogP contribution is 1.99. The molecular formula is C11H17N3O. The molecule has 0 aliphatic heterocycles. The summed E-state index contributed by atoms with van der Waals surface area (Å²) >= 11 is 0. The number of rotatable bonds is 4. The van der Waals surface area contributed by atoms with Crippen LogP contribution < -0.4 is 11.1 Å². The molecular weight excluding hydrogens is 190 g/mol. The lowest BCUT2D eigenvalue weighted by atomic mass is 10.1. The van der Waals surface area contributed by atoms with Crippen molar-refractivity contribution in [1.29, 1.82) is 0 Å². The molecule has 0 saturated carbocycles. The van der Waals surface area contributed by atoms with Crippen molar-refractivity contribution in [2.75, 3.05) is 0 Å². The molecule has 1 aromatic heterocycles. The number of carbonyl (C=O) groups is 1. The molecule has 1 rings (SSSR count). The lowest BCUT2D eigenvalue weighted by Crippen LogP contribution is -2.43. The fraction of sp³-hybridized carbons (Fsp3) is 0.455. The number of nitrogens with two attached hydrogens (primary N) is 1. The molecule has 1 unspecified atom stereocenters. The minimum absolute atomic E-state index is 0.117. The number of pyridine rings is 1. The van der Waals surface area contributed by atoms with Gasteiger partial charge in [-0.15, -0.1) is 0 Å². The minimum atomic E-state index is -0.443. The number of nitrogens with zero attached hydrogens (tertiary/aromatic N) is 1. The standard InChI is InChI=1S/C11H17N3O/c1-8(2)10(12)11(15)14-7-9-4-3-5-13-6-9/h3-6,8,10H,7,12H2,1-2H3,(H,14,15). The zero-order valence-corrected chi connectivity index (χ0v) is 9.10. The molecule has 1 heterocycles. The highest BCUT2D eigenvalue weighted by molar-refractivity contribution is 5.81. The van der Waals surface area contributed by atoms with Crippen LogP contribution in [0.3, 0.4) is 0 Å².